The van der Waals surface area contributed by atoms with E-state index in [4.69, 9.17) is 5.73 Å². The van der Waals surface area contributed by atoms with E-state index in [1.165, 1.54) is 0 Å². The van der Waals surface area contributed by atoms with Gasteiger partial charge in [0.2, 0.25) is 0 Å². The molecule has 2 heterocycles. The van der Waals surface area contributed by atoms with Crippen LogP contribution in [0.2, 0.25) is 0 Å². The van der Waals surface area contributed by atoms with Crippen LogP contribution < -0.4 is 11.3 Å². The molecule has 2 rings (SSSR count). The summed E-state index contributed by atoms with van der Waals surface area (Å²) in [5, 5.41) is 3.02. The Morgan fingerprint density at radius 3 is 2.65 bits per heavy atom. The lowest BCUT2D eigenvalue weighted by molar-refractivity contribution is 0.247. The van der Waals surface area contributed by atoms with Crippen LogP contribution >= 0.6 is 11.8 Å². The standard InChI is InChI=1S/C9H9N5O2S/c1-5-6(7(15)14(13-5)8(10)16)17-9-11-3-2-4-12-9/h2-4,13H,1H3,(H2,10,16). The lowest BCUT2D eigenvalue weighted by atomic mass is 10.5. The van der Waals surface area contributed by atoms with E-state index in [2.05, 4.69) is 15.1 Å². The molecule has 2 aromatic rings. The molecule has 0 aliphatic heterocycles. The molecule has 1 amide bonds. The smallest absolute Gasteiger partial charge is 0.341 e. The topological polar surface area (TPSA) is 107 Å². The summed E-state index contributed by atoms with van der Waals surface area (Å²) in [7, 11) is 0. The first-order valence-corrected chi connectivity index (χ1v) is 5.47. The number of nitrogens with one attached hydrogen (secondary N) is 1. The van der Waals surface area contributed by atoms with E-state index in [1.54, 1.807) is 25.4 Å². The average molecular weight is 251 g/mol. The number of H-pyrrole nitrogens is 1. The zero-order valence-corrected chi connectivity index (χ0v) is 9.69. The van der Waals surface area contributed by atoms with Crippen LogP contribution in [-0.2, 0) is 0 Å². The van der Waals surface area contributed by atoms with Crippen molar-refractivity contribution in [3.63, 3.8) is 0 Å². The average Bonchev–Trinajstić information content (AvgIpc) is 2.58. The maximum Gasteiger partial charge on any atom is 0.341 e. The van der Waals surface area contributed by atoms with Gasteiger partial charge in [-0.2, -0.15) is 4.68 Å². The highest BCUT2D eigenvalue weighted by molar-refractivity contribution is 7.99. The fraction of sp³-hybridized carbons (Fsp3) is 0.111. The zero-order chi connectivity index (χ0) is 12.4. The van der Waals surface area contributed by atoms with Crippen LogP contribution in [0.5, 0.6) is 0 Å². The molecule has 0 unspecified atom stereocenters. The molecule has 0 aliphatic carbocycles. The monoisotopic (exact) mass is 251 g/mol. The number of nitrogens with zero attached hydrogens (tertiary/aromatic N) is 3. The van der Waals surface area contributed by atoms with Crippen LogP contribution in [-0.4, -0.2) is 25.8 Å². The van der Waals surface area contributed by atoms with E-state index < -0.39 is 11.6 Å². The molecule has 7 nitrogen and oxygen atoms in total. The van der Waals surface area contributed by atoms with E-state index in [-0.39, 0.29) is 0 Å². The summed E-state index contributed by atoms with van der Waals surface area (Å²) in [4.78, 5) is 31.1. The van der Waals surface area contributed by atoms with Gasteiger partial charge in [-0.1, -0.05) is 0 Å². The number of rotatable bonds is 2. The summed E-state index contributed by atoms with van der Waals surface area (Å²) in [6.07, 6.45) is 3.15. The highest BCUT2D eigenvalue weighted by Crippen LogP contribution is 2.22. The normalized spacial score (nSPS) is 10.4. The Labute approximate surface area is 100 Å². The molecule has 0 saturated heterocycles. The second-order valence-electron chi connectivity index (χ2n) is 3.18. The number of hydrogen-bond acceptors (Lipinski definition) is 5. The van der Waals surface area contributed by atoms with Gasteiger partial charge in [-0.3, -0.25) is 9.89 Å². The Hall–Kier alpha value is -2.09. The Kier molecular flexibility index (Phi) is 2.96. The Morgan fingerprint density at radius 2 is 2.12 bits per heavy atom. The van der Waals surface area contributed by atoms with Crippen molar-refractivity contribution in [2.75, 3.05) is 0 Å². The molecule has 8 heteroatoms. The summed E-state index contributed by atoms with van der Waals surface area (Å²) in [6.45, 7) is 1.67. The highest BCUT2D eigenvalue weighted by atomic mass is 32.2. The van der Waals surface area contributed by atoms with Crippen molar-refractivity contribution in [1.29, 1.82) is 0 Å². The van der Waals surface area contributed by atoms with Crippen LogP contribution in [0.4, 0.5) is 4.79 Å². The lowest BCUT2D eigenvalue weighted by Gasteiger charge is -1.95. The Bertz CT molecular complexity index is 604. The van der Waals surface area contributed by atoms with Gasteiger partial charge in [-0.25, -0.2) is 14.8 Å². The van der Waals surface area contributed by atoms with Crippen molar-refractivity contribution < 1.29 is 4.79 Å². The van der Waals surface area contributed by atoms with Gasteiger partial charge in [0.25, 0.3) is 5.56 Å². The summed E-state index contributed by atoms with van der Waals surface area (Å²) >= 11 is 1.08. The summed E-state index contributed by atoms with van der Waals surface area (Å²) in [5.41, 5.74) is 5.10. The minimum Gasteiger partial charge on any atom is -0.350 e. The van der Waals surface area contributed by atoms with Gasteiger partial charge in [0, 0.05) is 18.1 Å². The van der Waals surface area contributed by atoms with Crippen LogP contribution in [0, 0.1) is 6.92 Å². The first-order chi connectivity index (χ1) is 8.09. The lowest BCUT2D eigenvalue weighted by Crippen LogP contribution is -2.30. The third-order valence-corrected chi connectivity index (χ3v) is 3.05. The number of carbonyl (C=O) groups excluding carboxylic acids is 1. The van der Waals surface area contributed by atoms with Crippen molar-refractivity contribution in [1.82, 2.24) is 19.7 Å². The molecule has 0 fully saturated rings. The van der Waals surface area contributed by atoms with E-state index in [0.717, 1.165) is 16.4 Å². The summed E-state index contributed by atoms with van der Waals surface area (Å²) < 4.78 is 0.751. The molecule has 0 bridgehead atoms. The number of aromatic amines is 1. The van der Waals surface area contributed by atoms with E-state index in [1.807, 2.05) is 0 Å². The van der Waals surface area contributed by atoms with Crippen molar-refractivity contribution in [2.24, 2.45) is 5.73 Å². The molecular weight excluding hydrogens is 242 g/mol. The number of carbonyl (C=O) groups is 1. The maximum atomic E-state index is 11.8. The third kappa shape index (κ3) is 2.21. The molecular formula is C9H9N5O2S. The number of aromatic nitrogens is 4. The van der Waals surface area contributed by atoms with Gasteiger partial charge < -0.3 is 5.73 Å². The van der Waals surface area contributed by atoms with E-state index in [9.17, 15) is 9.59 Å². The first kappa shape index (κ1) is 11.4. The fourth-order valence-corrected chi connectivity index (χ4v) is 2.02. The Balaban J connectivity index is 2.41. The first-order valence-electron chi connectivity index (χ1n) is 4.66. The number of aryl methyl sites for hydroxylation is 1. The molecule has 0 spiro atoms. The second kappa shape index (κ2) is 4.42. The molecule has 17 heavy (non-hydrogen) atoms. The number of amides is 1. The van der Waals surface area contributed by atoms with Gasteiger partial charge >= 0.3 is 6.03 Å². The Morgan fingerprint density at radius 1 is 1.47 bits per heavy atom. The van der Waals surface area contributed by atoms with E-state index in [0.29, 0.717) is 15.7 Å². The predicted octanol–water partition coefficient (Wildman–Crippen LogP) is 0.353. The third-order valence-electron chi connectivity index (χ3n) is 1.97. The molecule has 0 aromatic carbocycles. The van der Waals surface area contributed by atoms with Crippen molar-refractivity contribution in [3.8, 4) is 0 Å². The number of nitrogens with two attached hydrogens (primary N) is 1. The van der Waals surface area contributed by atoms with Crippen molar-refractivity contribution in [3.05, 3.63) is 34.5 Å². The number of primary amides is 1. The van der Waals surface area contributed by atoms with Crippen molar-refractivity contribution >= 4 is 17.8 Å². The van der Waals surface area contributed by atoms with Crippen LogP contribution in [0.3, 0.4) is 0 Å². The summed E-state index contributed by atoms with van der Waals surface area (Å²) in [6, 6.07) is 0.828. The minimum atomic E-state index is -0.848. The van der Waals surface area contributed by atoms with Crippen LogP contribution in [0.25, 0.3) is 0 Å². The van der Waals surface area contributed by atoms with Crippen molar-refractivity contribution in [2.45, 2.75) is 17.0 Å². The molecule has 0 saturated carbocycles. The van der Waals surface area contributed by atoms with Gasteiger partial charge in [-0.15, -0.1) is 0 Å². The minimum absolute atomic E-state index is 0.356. The van der Waals surface area contributed by atoms with Gasteiger partial charge in [0.05, 0.1) is 0 Å². The van der Waals surface area contributed by atoms with Crippen LogP contribution in [0.1, 0.15) is 5.69 Å². The fourth-order valence-electron chi connectivity index (χ4n) is 1.24. The molecule has 3 N–H and O–H groups in total. The highest BCUT2D eigenvalue weighted by Gasteiger charge is 2.16. The van der Waals surface area contributed by atoms with Gasteiger partial charge in [0.15, 0.2) is 5.16 Å². The number of hydrogen-bond donors (Lipinski definition) is 2. The second-order valence-corrected chi connectivity index (χ2v) is 4.16. The van der Waals surface area contributed by atoms with Crippen LogP contribution in [0.15, 0.2) is 33.3 Å². The van der Waals surface area contributed by atoms with Gasteiger partial charge in [-0.05, 0) is 24.8 Å². The summed E-state index contributed by atoms with van der Waals surface area (Å²) in [5.74, 6) is 0. The largest absolute Gasteiger partial charge is 0.350 e. The molecule has 0 atom stereocenters. The predicted molar refractivity (Wildman–Crippen MR) is 60.9 cm³/mol. The molecule has 88 valence electrons. The zero-order valence-electron chi connectivity index (χ0n) is 8.88. The van der Waals surface area contributed by atoms with E-state index >= 15 is 0 Å². The quantitative estimate of drug-likeness (QED) is 0.749. The molecule has 0 aliphatic rings. The molecule has 0 radical (unpaired) electrons. The molecule has 2 aromatic heterocycles. The SMILES string of the molecule is Cc1[nH]n(C(N)=O)c(=O)c1Sc1ncccn1. The van der Waals surface area contributed by atoms with Gasteiger partial charge in [0.1, 0.15) is 4.90 Å². The maximum absolute atomic E-state index is 11.8.